The summed E-state index contributed by atoms with van der Waals surface area (Å²) in [6.45, 7) is 0. The van der Waals surface area contributed by atoms with Crippen molar-refractivity contribution < 1.29 is 14.3 Å². The number of carbonyl (C=O) groups excluding carboxylic acids is 1. The topological polar surface area (TPSA) is 47.6 Å². The largest absolute Gasteiger partial charge is 0.493 e. The van der Waals surface area contributed by atoms with Gasteiger partial charge in [-0.25, -0.2) is 0 Å². The van der Waals surface area contributed by atoms with E-state index in [1.165, 1.54) is 0 Å². The SMILES string of the molecule is COc1cc2c(cc1OC)/C(=C/c1cc[c]cc1)C(=O)N2. The number of ether oxygens (including phenoxy) is 2. The third-order valence-corrected chi connectivity index (χ3v) is 3.36. The Bertz CT molecular complexity index is 720. The zero-order valence-corrected chi connectivity index (χ0v) is 11.8. The molecule has 2 aromatic carbocycles. The fraction of sp³-hybridized carbons (Fsp3) is 0.118. The summed E-state index contributed by atoms with van der Waals surface area (Å²) >= 11 is 0. The summed E-state index contributed by atoms with van der Waals surface area (Å²) in [5.74, 6) is 1.06. The minimum atomic E-state index is -0.131. The average Bonchev–Trinajstić information content (AvgIpc) is 2.82. The van der Waals surface area contributed by atoms with Crippen molar-refractivity contribution in [2.75, 3.05) is 19.5 Å². The van der Waals surface area contributed by atoms with E-state index in [1.807, 2.05) is 36.4 Å². The quantitative estimate of drug-likeness (QED) is 0.879. The van der Waals surface area contributed by atoms with Gasteiger partial charge in [-0.3, -0.25) is 4.79 Å². The summed E-state index contributed by atoms with van der Waals surface area (Å²) in [6.07, 6.45) is 1.85. The van der Waals surface area contributed by atoms with Crippen molar-refractivity contribution in [1.29, 1.82) is 0 Å². The number of hydrogen-bond donors (Lipinski definition) is 1. The number of fused-ring (bicyclic) bond motifs is 1. The van der Waals surface area contributed by atoms with E-state index in [0.717, 1.165) is 16.8 Å². The maximum absolute atomic E-state index is 12.2. The number of hydrogen-bond acceptors (Lipinski definition) is 3. The molecule has 0 aliphatic carbocycles. The number of anilines is 1. The molecular weight excluding hydrogens is 266 g/mol. The molecule has 4 nitrogen and oxygen atoms in total. The molecule has 2 aromatic rings. The number of rotatable bonds is 3. The van der Waals surface area contributed by atoms with Gasteiger partial charge in [-0.1, -0.05) is 24.3 Å². The molecular formula is C17H14NO3. The standard InChI is InChI=1S/C17H14NO3/c1-20-15-9-12-13(8-11-6-4-3-5-7-11)17(19)18-14(12)10-16(15)21-2/h4-10H,1-2H3,(H,18,19)/b13-8-. The van der Waals surface area contributed by atoms with Crippen molar-refractivity contribution in [2.24, 2.45) is 0 Å². The third-order valence-electron chi connectivity index (χ3n) is 3.36. The Kier molecular flexibility index (Phi) is 3.36. The summed E-state index contributed by atoms with van der Waals surface area (Å²) in [5.41, 5.74) is 3.09. The number of benzene rings is 2. The molecule has 4 heteroatoms. The molecule has 0 atom stereocenters. The summed E-state index contributed by atoms with van der Waals surface area (Å²) in [7, 11) is 3.14. The smallest absolute Gasteiger partial charge is 0.256 e. The molecule has 1 radical (unpaired) electrons. The highest BCUT2D eigenvalue weighted by Gasteiger charge is 2.26. The molecule has 0 bridgehead atoms. The van der Waals surface area contributed by atoms with E-state index in [9.17, 15) is 4.79 Å². The van der Waals surface area contributed by atoms with Crippen LogP contribution >= 0.6 is 0 Å². The van der Waals surface area contributed by atoms with E-state index in [1.54, 1.807) is 20.3 Å². The van der Waals surface area contributed by atoms with Crippen LogP contribution in [-0.2, 0) is 4.79 Å². The van der Waals surface area contributed by atoms with Crippen LogP contribution in [0.5, 0.6) is 11.5 Å². The molecule has 0 unspecified atom stereocenters. The molecule has 3 rings (SSSR count). The van der Waals surface area contributed by atoms with Gasteiger partial charge in [0.2, 0.25) is 0 Å². The van der Waals surface area contributed by atoms with Gasteiger partial charge in [-0.05, 0) is 23.8 Å². The molecule has 0 saturated carbocycles. The number of carbonyl (C=O) groups is 1. The Morgan fingerprint density at radius 3 is 2.43 bits per heavy atom. The van der Waals surface area contributed by atoms with Crippen molar-refractivity contribution >= 4 is 23.2 Å². The normalized spacial score (nSPS) is 14.8. The first-order chi connectivity index (χ1) is 10.2. The van der Waals surface area contributed by atoms with Gasteiger partial charge in [0.05, 0.1) is 19.9 Å². The zero-order chi connectivity index (χ0) is 14.8. The Balaban J connectivity index is 2.11. The predicted octanol–water partition coefficient (Wildman–Crippen LogP) is 3.00. The number of amides is 1. The van der Waals surface area contributed by atoms with Crippen LogP contribution in [0.2, 0.25) is 0 Å². The molecule has 1 aliphatic rings. The zero-order valence-electron chi connectivity index (χ0n) is 11.8. The lowest BCUT2D eigenvalue weighted by Crippen LogP contribution is -2.03. The second-order valence-electron chi connectivity index (χ2n) is 4.60. The molecule has 0 fully saturated rings. The Morgan fingerprint density at radius 2 is 1.76 bits per heavy atom. The van der Waals surface area contributed by atoms with E-state index in [0.29, 0.717) is 17.1 Å². The van der Waals surface area contributed by atoms with Gasteiger partial charge in [0.1, 0.15) is 0 Å². The highest BCUT2D eigenvalue weighted by Crippen LogP contribution is 2.41. The van der Waals surface area contributed by atoms with Crippen LogP contribution in [0.4, 0.5) is 5.69 Å². The fourth-order valence-electron chi connectivity index (χ4n) is 2.32. The van der Waals surface area contributed by atoms with Crippen LogP contribution in [0, 0.1) is 6.07 Å². The van der Waals surface area contributed by atoms with Gasteiger partial charge in [0.15, 0.2) is 11.5 Å². The van der Waals surface area contributed by atoms with Crippen LogP contribution < -0.4 is 14.8 Å². The van der Waals surface area contributed by atoms with Crippen LogP contribution in [0.3, 0.4) is 0 Å². The average molecular weight is 280 g/mol. The van der Waals surface area contributed by atoms with Gasteiger partial charge in [-0.2, -0.15) is 0 Å². The van der Waals surface area contributed by atoms with Crippen LogP contribution in [0.1, 0.15) is 11.1 Å². The van der Waals surface area contributed by atoms with E-state index < -0.39 is 0 Å². The van der Waals surface area contributed by atoms with E-state index >= 15 is 0 Å². The van der Waals surface area contributed by atoms with Crippen LogP contribution in [0.15, 0.2) is 36.4 Å². The predicted molar refractivity (Wildman–Crippen MR) is 81.3 cm³/mol. The van der Waals surface area contributed by atoms with Gasteiger partial charge >= 0.3 is 0 Å². The minimum Gasteiger partial charge on any atom is -0.493 e. The summed E-state index contributed by atoms with van der Waals surface area (Å²) in [6, 6.07) is 14.0. The van der Waals surface area contributed by atoms with E-state index in [2.05, 4.69) is 11.4 Å². The first kappa shape index (κ1) is 13.2. The maximum atomic E-state index is 12.2. The van der Waals surface area contributed by atoms with Crippen LogP contribution in [-0.4, -0.2) is 20.1 Å². The molecule has 0 spiro atoms. The highest BCUT2D eigenvalue weighted by atomic mass is 16.5. The van der Waals surface area contributed by atoms with E-state index in [-0.39, 0.29) is 5.91 Å². The molecule has 1 aliphatic heterocycles. The molecule has 1 amide bonds. The Morgan fingerprint density at radius 1 is 1.10 bits per heavy atom. The second kappa shape index (κ2) is 5.32. The molecule has 1 heterocycles. The van der Waals surface area contributed by atoms with Crippen molar-refractivity contribution in [1.82, 2.24) is 0 Å². The molecule has 105 valence electrons. The van der Waals surface area contributed by atoms with Crippen molar-refractivity contribution in [3.63, 3.8) is 0 Å². The summed E-state index contributed by atoms with van der Waals surface area (Å²) < 4.78 is 10.5. The fourth-order valence-corrected chi connectivity index (χ4v) is 2.32. The third kappa shape index (κ3) is 2.36. The maximum Gasteiger partial charge on any atom is 0.256 e. The number of methoxy groups -OCH3 is 2. The molecule has 0 saturated heterocycles. The summed E-state index contributed by atoms with van der Waals surface area (Å²) in [4.78, 5) is 12.2. The Labute approximate surface area is 123 Å². The Hall–Kier alpha value is -2.75. The van der Waals surface area contributed by atoms with Crippen molar-refractivity contribution in [2.45, 2.75) is 0 Å². The van der Waals surface area contributed by atoms with Crippen molar-refractivity contribution in [3.8, 4) is 11.5 Å². The molecule has 21 heavy (non-hydrogen) atoms. The number of nitrogens with one attached hydrogen (secondary N) is 1. The molecule has 0 aromatic heterocycles. The first-order valence-corrected chi connectivity index (χ1v) is 6.48. The lowest BCUT2D eigenvalue weighted by atomic mass is 10.0. The first-order valence-electron chi connectivity index (χ1n) is 6.48. The van der Waals surface area contributed by atoms with Crippen molar-refractivity contribution in [3.05, 3.63) is 53.6 Å². The summed E-state index contributed by atoms with van der Waals surface area (Å²) in [5, 5.41) is 2.84. The second-order valence-corrected chi connectivity index (χ2v) is 4.60. The van der Waals surface area contributed by atoms with E-state index in [4.69, 9.17) is 9.47 Å². The molecule has 1 N–H and O–H groups in total. The highest BCUT2D eigenvalue weighted by molar-refractivity contribution is 6.35. The lowest BCUT2D eigenvalue weighted by Gasteiger charge is -2.09. The lowest BCUT2D eigenvalue weighted by molar-refractivity contribution is -0.110. The van der Waals surface area contributed by atoms with Gasteiger partial charge in [0, 0.05) is 17.2 Å². The van der Waals surface area contributed by atoms with Gasteiger partial charge in [-0.15, -0.1) is 0 Å². The van der Waals surface area contributed by atoms with Crippen LogP contribution in [0.25, 0.3) is 11.6 Å². The monoisotopic (exact) mass is 280 g/mol. The minimum absolute atomic E-state index is 0.131. The van der Waals surface area contributed by atoms with Gasteiger partial charge < -0.3 is 14.8 Å². The van der Waals surface area contributed by atoms with Gasteiger partial charge in [0.25, 0.3) is 5.91 Å².